The highest BCUT2D eigenvalue weighted by Crippen LogP contribution is 2.26. The molecule has 0 amide bonds. The van der Waals surface area contributed by atoms with Crippen molar-refractivity contribution >= 4 is 10.9 Å². The summed E-state index contributed by atoms with van der Waals surface area (Å²) in [6.45, 7) is 1.93. The molecule has 4 aromatic rings. The fourth-order valence-electron chi connectivity index (χ4n) is 3.25. The highest BCUT2D eigenvalue weighted by Gasteiger charge is 2.12. The van der Waals surface area contributed by atoms with Crippen LogP contribution >= 0.6 is 0 Å². The molecule has 0 radical (unpaired) electrons. The quantitative estimate of drug-likeness (QED) is 0.564. The predicted molar refractivity (Wildman–Crippen MR) is 110 cm³/mol. The standard InChI is InChI=1S/C22H20N4O3/c1-13-16-8-5-9-18(29-3)22(16)26-19(23-13)12-20-24-17(11-21(27)25-20)14-6-4-7-15(10-14)28-2/h4-11H,12H2,1-3H3,(H,24,25,27). The molecule has 1 N–H and O–H groups in total. The molecule has 0 aliphatic heterocycles. The summed E-state index contributed by atoms with van der Waals surface area (Å²) in [5, 5.41) is 0.930. The molecule has 0 aliphatic carbocycles. The van der Waals surface area contributed by atoms with Crippen LogP contribution in [0.15, 0.2) is 53.3 Å². The zero-order chi connectivity index (χ0) is 20.4. The average molecular weight is 388 g/mol. The number of aryl methyl sites for hydroxylation is 1. The summed E-state index contributed by atoms with van der Waals surface area (Å²) in [5.41, 5.74) is 2.72. The Morgan fingerprint density at radius 3 is 2.59 bits per heavy atom. The van der Waals surface area contributed by atoms with Crippen LogP contribution in [0.25, 0.3) is 22.2 Å². The zero-order valence-electron chi connectivity index (χ0n) is 16.4. The summed E-state index contributed by atoms with van der Waals surface area (Å²) >= 11 is 0. The van der Waals surface area contributed by atoms with Crippen LogP contribution in [0.5, 0.6) is 11.5 Å². The molecule has 7 heteroatoms. The van der Waals surface area contributed by atoms with Gasteiger partial charge in [0.2, 0.25) is 0 Å². The number of fused-ring (bicyclic) bond motifs is 1. The summed E-state index contributed by atoms with van der Waals surface area (Å²) in [6, 6.07) is 14.6. The van der Waals surface area contributed by atoms with Crippen LogP contribution in [-0.4, -0.2) is 34.2 Å². The Morgan fingerprint density at radius 1 is 0.966 bits per heavy atom. The van der Waals surface area contributed by atoms with Crippen LogP contribution < -0.4 is 15.0 Å². The maximum absolute atomic E-state index is 12.2. The highest BCUT2D eigenvalue weighted by molar-refractivity contribution is 5.86. The van der Waals surface area contributed by atoms with Crippen molar-refractivity contribution in [3.63, 3.8) is 0 Å². The molecule has 0 spiro atoms. The molecule has 0 aliphatic rings. The van der Waals surface area contributed by atoms with Gasteiger partial charge >= 0.3 is 0 Å². The fraction of sp³-hybridized carbons (Fsp3) is 0.182. The molecule has 146 valence electrons. The normalized spacial score (nSPS) is 10.9. The van der Waals surface area contributed by atoms with Gasteiger partial charge in [-0.15, -0.1) is 0 Å². The van der Waals surface area contributed by atoms with Gasteiger partial charge in [0.05, 0.1) is 26.3 Å². The van der Waals surface area contributed by atoms with E-state index in [4.69, 9.17) is 9.47 Å². The second-order valence-electron chi connectivity index (χ2n) is 6.57. The third kappa shape index (κ3) is 3.80. The second-order valence-corrected chi connectivity index (χ2v) is 6.57. The number of benzene rings is 2. The van der Waals surface area contributed by atoms with Gasteiger partial charge in [-0.05, 0) is 25.1 Å². The van der Waals surface area contributed by atoms with Gasteiger partial charge in [0.15, 0.2) is 0 Å². The third-order valence-electron chi connectivity index (χ3n) is 4.63. The van der Waals surface area contributed by atoms with Crippen LogP contribution in [0.3, 0.4) is 0 Å². The molecule has 0 atom stereocenters. The lowest BCUT2D eigenvalue weighted by Gasteiger charge is -2.09. The molecule has 2 aromatic carbocycles. The highest BCUT2D eigenvalue weighted by atomic mass is 16.5. The Morgan fingerprint density at radius 2 is 1.79 bits per heavy atom. The largest absolute Gasteiger partial charge is 0.497 e. The summed E-state index contributed by atoms with van der Waals surface area (Å²) in [4.78, 5) is 28.8. The van der Waals surface area contributed by atoms with E-state index in [9.17, 15) is 4.79 Å². The zero-order valence-corrected chi connectivity index (χ0v) is 16.4. The van der Waals surface area contributed by atoms with E-state index in [0.717, 1.165) is 22.2 Å². The summed E-state index contributed by atoms with van der Waals surface area (Å²) in [5.74, 6) is 2.43. The minimum Gasteiger partial charge on any atom is -0.497 e. The van der Waals surface area contributed by atoms with Crippen molar-refractivity contribution in [3.05, 3.63) is 76.2 Å². The van der Waals surface area contributed by atoms with E-state index in [2.05, 4.69) is 19.9 Å². The number of methoxy groups -OCH3 is 2. The van der Waals surface area contributed by atoms with Crippen molar-refractivity contribution in [2.75, 3.05) is 14.2 Å². The SMILES string of the molecule is COc1cccc(-c2cc(=O)[nH]c(Cc3nc(C)c4cccc(OC)c4n3)n2)c1. The first kappa shape index (κ1) is 18.6. The minimum atomic E-state index is -0.233. The molecule has 0 saturated carbocycles. The van der Waals surface area contributed by atoms with Gasteiger partial charge in [-0.3, -0.25) is 4.79 Å². The monoisotopic (exact) mass is 388 g/mol. The molecule has 0 unspecified atom stereocenters. The first-order chi connectivity index (χ1) is 14.1. The average Bonchev–Trinajstić information content (AvgIpc) is 2.73. The molecule has 4 rings (SSSR count). The Balaban J connectivity index is 1.75. The Labute approximate surface area is 167 Å². The van der Waals surface area contributed by atoms with E-state index >= 15 is 0 Å². The number of hydrogen-bond donors (Lipinski definition) is 1. The first-order valence-electron chi connectivity index (χ1n) is 9.12. The Bertz CT molecular complexity index is 1250. The van der Waals surface area contributed by atoms with E-state index < -0.39 is 0 Å². The Hall–Kier alpha value is -3.74. The smallest absolute Gasteiger partial charge is 0.251 e. The number of aromatic nitrogens is 4. The number of ether oxygens (including phenoxy) is 2. The van der Waals surface area contributed by atoms with Gasteiger partial charge in [-0.2, -0.15) is 0 Å². The van der Waals surface area contributed by atoms with Crippen molar-refractivity contribution < 1.29 is 9.47 Å². The van der Waals surface area contributed by atoms with Gasteiger partial charge in [0.1, 0.15) is 28.7 Å². The summed E-state index contributed by atoms with van der Waals surface area (Å²) in [6.07, 6.45) is 0.294. The summed E-state index contributed by atoms with van der Waals surface area (Å²) < 4.78 is 10.7. The number of hydrogen-bond acceptors (Lipinski definition) is 6. The van der Waals surface area contributed by atoms with Crippen molar-refractivity contribution in [1.82, 2.24) is 19.9 Å². The van der Waals surface area contributed by atoms with Gasteiger partial charge < -0.3 is 14.5 Å². The van der Waals surface area contributed by atoms with Crippen LogP contribution in [-0.2, 0) is 6.42 Å². The van der Waals surface area contributed by atoms with Crippen molar-refractivity contribution in [1.29, 1.82) is 0 Å². The van der Waals surface area contributed by atoms with Gasteiger partial charge in [0.25, 0.3) is 5.56 Å². The first-order valence-corrected chi connectivity index (χ1v) is 9.12. The predicted octanol–water partition coefficient (Wildman–Crippen LogP) is 3.30. The third-order valence-corrected chi connectivity index (χ3v) is 4.63. The Kier molecular flexibility index (Phi) is 4.95. The molecular formula is C22H20N4O3. The molecule has 0 bridgehead atoms. The van der Waals surface area contributed by atoms with E-state index in [1.165, 1.54) is 6.07 Å². The molecule has 7 nitrogen and oxygen atoms in total. The molecule has 2 aromatic heterocycles. The summed E-state index contributed by atoms with van der Waals surface area (Å²) in [7, 11) is 3.21. The lowest BCUT2D eigenvalue weighted by atomic mass is 10.1. The second kappa shape index (κ2) is 7.71. The lowest BCUT2D eigenvalue weighted by Crippen LogP contribution is -2.13. The van der Waals surface area contributed by atoms with Crippen molar-refractivity contribution in [2.45, 2.75) is 13.3 Å². The lowest BCUT2D eigenvalue weighted by molar-refractivity contribution is 0.415. The van der Waals surface area contributed by atoms with Gasteiger partial charge in [0, 0.05) is 22.7 Å². The molecular weight excluding hydrogens is 368 g/mol. The number of para-hydroxylation sites is 1. The number of rotatable bonds is 5. The number of aromatic amines is 1. The molecule has 2 heterocycles. The van der Waals surface area contributed by atoms with Crippen LogP contribution in [0.1, 0.15) is 17.3 Å². The van der Waals surface area contributed by atoms with Crippen LogP contribution in [0.4, 0.5) is 0 Å². The van der Waals surface area contributed by atoms with Gasteiger partial charge in [-0.1, -0.05) is 24.3 Å². The van der Waals surface area contributed by atoms with Crippen molar-refractivity contribution in [3.8, 4) is 22.8 Å². The topological polar surface area (TPSA) is 90.0 Å². The van der Waals surface area contributed by atoms with Crippen molar-refractivity contribution in [2.24, 2.45) is 0 Å². The number of H-pyrrole nitrogens is 1. The van der Waals surface area contributed by atoms with E-state index in [0.29, 0.717) is 35.3 Å². The van der Waals surface area contributed by atoms with E-state index in [1.54, 1.807) is 14.2 Å². The number of nitrogens with one attached hydrogen (secondary N) is 1. The fourth-order valence-corrected chi connectivity index (χ4v) is 3.25. The van der Waals surface area contributed by atoms with Gasteiger partial charge in [-0.25, -0.2) is 15.0 Å². The van der Waals surface area contributed by atoms with Crippen LogP contribution in [0.2, 0.25) is 0 Å². The minimum absolute atomic E-state index is 0.233. The maximum atomic E-state index is 12.2. The molecule has 0 fully saturated rings. The maximum Gasteiger partial charge on any atom is 0.251 e. The van der Waals surface area contributed by atoms with E-state index in [1.807, 2.05) is 49.4 Å². The molecule has 29 heavy (non-hydrogen) atoms. The van der Waals surface area contributed by atoms with Crippen LogP contribution in [0, 0.1) is 6.92 Å². The molecule has 0 saturated heterocycles. The number of nitrogens with zero attached hydrogens (tertiary/aromatic N) is 3. The van der Waals surface area contributed by atoms with E-state index in [-0.39, 0.29) is 5.56 Å².